The molecule has 0 amide bonds. The molecule has 0 fully saturated rings. The van der Waals surface area contributed by atoms with Crippen molar-refractivity contribution in [2.24, 2.45) is 0 Å². The topological polar surface area (TPSA) is 52.6 Å². The van der Waals surface area contributed by atoms with Gasteiger partial charge in [-0.1, -0.05) is 6.07 Å². The minimum absolute atomic E-state index is 0.0472. The van der Waals surface area contributed by atoms with Gasteiger partial charge in [-0.2, -0.15) is 21.6 Å². The molecule has 2 rings (SSSR count). The van der Waals surface area contributed by atoms with E-state index in [0.29, 0.717) is 12.1 Å². The van der Waals surface area contributed by atoms with Crippen LogP contribution < -0.4 is 8.92 Å². The normalized spacial score (nSPS) is 12.1. The quantitative estimate of drug-likeness (QED) is 0.609. The van der Waals surface area contributed by atoms with Crippen molar-refractivity contribution in [2.75, 3.05) is 7.11 Å². The number of rotatable bonds is 4. The zero-order valence-electron chi connectivity index (χ0n) is 12.5. The molecule has 0 unspecified atom stereocenters. The van der Waals surface area contributed by atoms with Crippen LogP contribution in [0.4, 0.5) is 17.6 Å². The first-order valence-electron chi connectivity index (χ1n) is 6.50. The molecule has 0 N–H and O–H groups in total. The summed E-state index contributed by atoms with van der Waals surface area (Å²) in [4.78, 5) is -1.21. The number of ether oxygens (including phenoxy) is 1. The SMILES string of the molecule is COc1cc(C)ccc1OS(=O)(=O)c1cc(C(F)(F)F)ccc1F. The molecule has 4 nitrogen and oxygen atoms in total. The molecule has 2 aromatic carbocycles. The Balaban J connectivity index is 2.48. The van der Waals surface area contributed by atoms with E-state index in [0.717, 1.165) is 5.56 Å². The Bertz CT molecular complexity index is 860. The van der Waals surface area contributed by atoms with Crippen LogP contribution in [0.5, 0.6) is 11.5 Å². The molecule has 9 heteroatoms. The number of hydrogen-bond donors (Lipinski definition) is 0. The zero-order valence-corrected chi connectivity index (χ0v) is 13.3. The van der Waals surface area contributed by atoms with Crippen molar-refractivity contribution in [1.82, 2.24) is 0 Å². The molecule has 0 spiro atoms. The van der Waals surface area contributed by atoms with E-state index in [1.165, 1.54) is 25.3 Å². The Labute approximate surface area is 135 Å². The van der Waals surface area contributed by atoms with Gasteiger partial charge >= 0.3 is 16.3 Å². The average Bonchev–Trinajstić information content (AvgIpc) is 2.47. The van der Waals surface area contributed by atoms with Gasteiger partial charge in [-0.3, -0.25) is 0 Å². The van der Waals surface area contributed by atoms with Crippen LogP contribution in [0.2, 0.25) is 0 Å². The van der Waals surface area contributed by atoms with E-state index in [9.17, 15) is 26.0 Å². The van der Waals surface area contributed by atoms with Gasteiger partial charge < -0.3 is 8.92 Å². The second-order valence-electron chi connectivity index (χ2n) is 4.83. The molecule has 2 aromatic rings. The van der Waals surface area contributed by atoms with Crippen molar-refractivity contribution in [3.8, 4) is 11.5 Å². The molecule has 0 saturated carbocycles. The predicted octanol–water partition coefficient (Wildman–Crippen LogP) is 3.93. The van der Waals surface area contributed by atoms with Gasteiger partial charge in [0.2, 0.25) is 0 Å². The summed E-state index contributed by atoms with van der Waals surface area (Å²) in [5, 5.41) is 0. The van der Waals surface area contributed by atoms with Gasteiger partial charge in [0.05, 0.1) is 12.7 Å². The van der Waals surface area contributed by atoms with Crippen LogP contribution in [-0.2, 0) is 16.3 Å². The van der Waals surface area contributed by atoms with Crippen LogP contribution in [0, 0.1) is 12.7 Å². The fourth-order valence-electron chi connectivity index (χ4n) is 1.88. The third-order valence-corrected chi connectivity index (χ3v) is 4.30. The first kappa shape index (κ1) is 18.1. The maximum Gasteiger partial charge on any atom is 0.416 e. The van der Waals surface area contributed by atoms with Crippen molar-refractivity contribution >= 4 is 10.1 Å². The van der Waals surface area contributed by atoms with Gasteiger partial charge in [-0.25, -0.2) is 4.39 Å². The minimum atomic E-state index is -4.83. The first-order valence-corrected chi connectivity index (χ1v) is 7.91. The van der Waals surface area contributed by atoms with E-state index < -0.39 is 32.6 Å². The fourth-order valence-corrected chi connectivity index (χ4v) is 2.92. The second-order valence-corrected chi connectivity index (χ2v) is 6.35. The van der Waals surface area contributed by atoms with Crippen LogP contribution in [0.3, 0.4) is 0 Å². The lowest BCUT2D eigenvalue weighted by Gasteiger charge is -2.13. The fraction of sp³-hybridized carbons (Fsp3) is 0.200. The number of alkyl halides is 3. The molecule has 130 valence electrons. The molecule has 0 atom stereocenters. The van der Waals surface area contributed by atoms with E-state index >= 15 is 0 Å². The van der Waals surface area contributed by atoms with Crippen molar-refractivity contribution in [3.63, 3.8) is 0 Å². The molecular weight excluding hydrogens is 352 g/mol. The minimum Gasteiger partial charge on any atom is -0.493 e. The maximum atomic E-state index is 13.7. The van der Waals surface area contributed by atoms with Crippen LogP contribution >= 0.6 is 0 Å². The second kappa shape index (κ2) is 6.31. The Morgan fingerprint density at radius 2 is 1.67 bits per heavy atom. The highest BCUT2D eigenvalue weighted by Gasteiger charge is 2.34. The third-order valence-electron chi connectivity index (χ3n) is 3.05. The summed E-state index contributed by atoms with van der Waals surface area (Å²) in [5.41, 5.74) is -0.566. The number of hydrogen-bond acceptors (Lipinski definition) is 4. The lowest BCUT2D eigenvalue weighted by atomic mass is 10.2. The third kappa shape index (κ3) is 3.78. The maximum absolute atomic E-state index is 13.7. The largest absolute Gasteiger partial charge is 0.493 e. The summed E-state index contributed by atoms with van der Waals surface area (Å²) < 4.78 is 85.9. The summed E-state index contributed by atoms with van der Waals surface area (Å²) in [6.45, 7) is 1.72. The lowest BCUT2D eigenvalue weighted by molar-refractivity contribution is -0.137. The van der Waals surface area contributed by atoms with Crippen LogP contribution in [0.1, 0.15) is 11.1 Å². The van der Waals surface area contributed by atoms with Gasteiger partial charge in [0.1, 0.15) is 10.7 Å². The Hall–Kier alpha value is -2.29. The highest BCUT2D eigenvalue weighted by atomic mass is 32.2. The van der Waals surface area contributed by atoms with E-state index in [4.69, 9.17) is 8.92 Å². The molecule has 0 aliphatic carbocycles. The van der Waals surface area contributed by atoms with E-state index in [2.05, 4.69) is 0 Å². The summed E-state index contributed by atoms with van der Waals surface area (Å²) in [7, 11) is -3.56. The molecule has 0 saturated heterocycles. The van der Waals surface area contributed by atoms with Crippen LogP contribution in [-0.4, -0.2) is 15.5 Å². The molecule has 0 aliphatic rings. The van der Waals surface area contributed by atoms with Gasteiger partial charge in [0.25, 0.3) is 0 Å². The van der Waals surface area contributed by atoms with E-state index in [-0.39, 0.29) is 17.6 Å². The summed E-state index contributed by atoms with van der Waals surface area (Å²) in [5.74, 6) is -1.57. The Morgan fingerprint density at radius 3 is 2.25 bits per heavy atom. The molecule has 0 bridgehead atoms. The van der Waals surface area contributed by atoms with Gasteiger partial charge in [-0.15, -0.1) is 0 Å². The average molecular weight is 364 g/mol. The molecule has 0 heterocycles. The lowest BCUT2D eigenvalue weighted by Crippen LogP contribution is -2.14. The number of benzene rings is 2. The van der Waals surface area contributed by atoms with E-state index in [1.54, 1.807) is 6.92 Å². The van der Waals surface area contributed by atoms with Crippen molar-refractivity contribution < 1.29 is 34.9 Å². The first-order chi connectivity index (χ1) is 11.0. The molecule has 0 aromatic heterocycles. The summed E-state index contributed by atoms with van der Waals surface area (Å²) in [6.07, 6.45) is -4.82. The molecule has 0 aliphatic heterocycles. The standard InChI is InChI=1S/C15H12F4O4S/c1-9-3-6-12(13(7-9)22-2)23-24(20,21)14-8-10(15(17,18)19)4-5-11(14)16/h3-8H,1-2H3. The highest BCUT2D eigenvalue weighted by molar-refractivity contribution is 7.87. The van der Waals surface area contributed by atoms with Gasteiger partial charge in [-0.05, 0) is 42.8 Å². The molecule has 0 radical (unpaired) electrons. The highest BCUT2D eigenvalue weighted by Crippen LogP contribution is 2.34. The number of methoxy groups -OCH3 is 1. The Morgan fingerprint density at radius 1 is 1.00 bits per heavy atom. The number of halogens is 4. The van der Waals surface area contributed by atoms with Crippen molar-refractivity contribution in [1.29, 1.82) is 0 Å². The Kier molecular flexibility index (Phi) is 4.75. The van der Waals surface area contributed by atoms with Crippen molar-refractivity contribution in [3.05, 3.63) is 53.3 Å². The predicted molar refractivity (Wildman–Crippen MR) is 76.9 cm³/mol. The van der Waals surface area contributed by atoms with Gasteiger partial charge in [0.15, 0.2) is 11.5 Å². The molecular formula is C15H12F4O4S. The van der Waals surface area contributed by atoms with E-state index in [1.807, 2.05) is 0 Å². The zero-order chi connectivity index (χ0) is 18.1. The summed E-state index contributed by atoms with van der Waals surface area (Å²) >= 11 is 0. The summed E-state index contributed by atoms with van der Waals surface area (Å²) in [6, 6.07) is 5.29. The smallest absolute Gasteiger partial charge is 0.416 e. The van der Waals surface area contributed by atoms with Crippen LogP contribution in [0.15, 0.2) is 41.3 Å². The number of aryl methyl sites for hydroxylation is 1. The van der Waals surface area contributed by atoms with Gasteiger partial charge in [0, 0.05) is 0 Å². The van der Waals surface area contributed by atoms with Crippen molar-refractivity contribution in [2.45, 2.75) is 18.0 Å². The monoisotopic (exact) mass is 364 g/mol. The van der Waals surface area contributed by atoms with Crippen LogP contribution in [0.25, 0.3) is 0 Å². The molecule has 24 heavy (non-hydrogen) atoms.